The van der Waals surface area contributed by atoms with Crippen LogP contribution >= 0.6 is 0 Å². The van der Waals surface area contributed by atoms with Gasteiger partial charge >= 0.3 is 17.9 Å². The molecule has 0 saturated heterocycles. The van der Waals surface area contributed by atoms with Crippen LogP contribution in [0.5, 0.6) is 0 Å². The Kier molecular flexibility index (Phi) is 18.2. The summed E-state index contributed by atoms with van der Waals surface area (Å²) in [5, 5.41) is 28.1. The summed E-state index contributed by atoms with van der Waals surface area (Å²) in [6.07, 6.45) is 11.3. The van der Waals surface area contributed by atoms with Crippen molar-refractivity contribution in [1.29, 1.82) is 0 Å². The van der Waals surface area contributed by atoms with E-state index in [1.54, 1.807) is 0 Å². The number of carbonyl (C=O) groups is 4. The lowest BCUT2D eigenvalue weighted by Crippen LogP contribution is -2.44. The Hall–Kier alpha value is -1.96. The summed E-state index contributed by atoms with van der Waals surface area (Å²) < 4.78 is 5.27. The normalized spacial score (nSPS) is 13.9. The van der Waals surface area contributed by atoms with E-state index in [1.165, 1.54) is 38.5 Å². The Morgan fingerprint density at radius 3 is 1.71 bits per heavy atom. The van der Waals surface area contributed by atoms with Crippen molar-refractivity contribution in [3.63, 3.8) is 0 Å². The third kappa shape index (κ3) is 17.2. The molecular formula is C27H48O8. The first-order valence-corrected chi connectivity index (χ1v) is 13.4. The molecule has 35 heavy (non-hydrogen) atoms. The molecular weight excluding hydrogens is 452 g/mol. The molecule has 0 aromatic heterocycles. The third-order valence-electron chi connectivity index (χ3n) is 6.19. The van der Waals surface area contributed by atoms with Gasteiger partial charge in [-0.2, -0.15) is 0 Å². The molecule has 0 aromatic rings. The number of Topliss-reactive ketones (excluding diaryl/α,β-unsaturated/α-hetero) is 1. The van der Waals surface area contributed by atoms with Crippen LogP contribution in [0.3, 0.4) is 0 Å². The van der Waals surface area contributed by atoms with Crippen molar-refractivity contribution in [2.24, 2.45) is 5.92 Å². The first-order chi connectivity index (χ1) is 16.5. The highest BCUT2D eigenvalue weighted by Crippen LogP contribution is 2.20. The van der Waals surface area contributed by atoms with Crippen molar-refractivity contribution >= 4 is 23.7 Å². The summed E-state index contributed by atoms with van der Waals surface area (Å²) in [5.74, 6) is -3.90. The second-order valence-electron chi connectivity index (χ2n) is 10.1. The molecule has 0 bridgehead atoms. The average molecular weight is 501 g/mol. The molecule has 2 atom stereocenters. The molecule has 0 radical (unpaired) electrons. The number of carbonyl (C=O) groups excluding carboxylic acids is 2. The summed E-state index contributed by atoms with van der Waals surface area (Å²) in [6.45, 7) is 6.52. The van der Waals surface area contributed by atoms with E-state index >= 15 is 0 Å². The van der Waals surface area contributed by atoms with Crippen LogP contribution in [-0.4, -0.2) is 50.7 Å². The van der Waals surface area contributed by atoms with Gasteiger partial charge in [-0.3, -0.25) is 14.4 Å². The number of carboxylic acid groups (broad SMARTS) is 2. The molecule has 0 spiro atoms. The maximum atomic E-state index is 12.6. The SMILES string of the molecule is CCCCCC(=O)C(CCCCCCCCCCCC(C)C)OC(=O)CC(O)(CC(=O)O)C(=O)O. The Morgan fingerprint density at radius 2 is 1.26 bits per heavy atom. The van der Waals surface area contributed by atoms with Gasteiger partial charge in [0.2, 0.25) is 0 Å². The minimum atomic E-state index is -2.77. The molecule has 8 heteroatoms. The number of rotatable bonds is 23. The van der Waals surface area contributed by atoms with Gasteiger partial charge < -0.3 is 20.1 Å². The van der Waals surface area contributed by atoms with Crippen LogP contribution < -0.4 is 0 Å². The monoisotopic (exact) mass is 500 g/mol. The van der Waals surface area contributed by atoms with E-state index < -0.39 is 42.5 Å². The largest absolute Gasteiger partial charge is 0.481 e. The van der Waals surface area contributed by atoms with Crippen molar-refractivity contribution in [1.82, 2.24) is 0 Å². The number of ether oxygens (including phenoxy) is 1. The number of hydrogen-bond acceptors (Lipinski definition) is 6. The van der Waals surface area contributed by atoms with E-state index in [9.17, 15) is 24.3 Å². The summed E-state index contributed by atoms with van der Waals surface area (Å²) >= 11 is 0. The lowest BCUT2D eigenvalue weighted by molar-refractivity contribution is -0.174. The second-order valence-corrected chi connectivity index (χ2v) is 10.1. The first-order valence-electron chi connectivity index (χ1n) is 13.4. The van der Waals surface area contributed by atoms with Crippen molar-refractivity contribution < 1.29 is 39.2 Å². The highest BCUT2D eigenvalue weighted by atomic mass is 16.5. The third-order valence-corrected chi connectivity index (χ3v) is 6.19. The van der Waals surface area contributed by atoms with Crippen molar-refractivity contribution in [2.75, 3.05) is 0 Å². The van der Waals surface area contributed by atoms with Gasteiger partial charge in [-0.1, -0.05) is 91.4 Å². The van der Waals surface area contributed by atoms with Gasteiger partial charge in [-0.05, 0) is 25.2 Å². The van der Waals surface area contributed by atoms with E-state index in [4.69, 9.17) is 14.9 Å². The van der Waals surface area contributed by atoms with Crippen LogP contribution in [0.2, 0.25) is 0 Å². The fourth-order valence-corrected chi connectivity index (χ4v) is 4.02. The van der Waals surface area contributed by atoms with Crippen molar-refractivity contribution in [3.8, 4) is 0 Å². The lowest BCUT2D eigenvalue weighted by Gasteiger charge is -2.22. The van der Waals surface area contributed by atoms with Gasteiger partial charge in [0.1, 0.15) is 0 Å². The molecule has 2 unspecified atom stereocenters. The molecule has 0 aliphatic heterocycles. The van der Waals surface area contributed by atoms with Crippen LogP contribution in [0.4, 0.5) is 0 Å². The molecule has 0 rings (SSSR count). The molecule has 0 saturated carbocycles. The predicted octanol–water partition coefficient (Wildman–Crippen LogP) is 5.68. The van der Waals surface area contributed by atoms with E-state index in [1.807, 2.05) is 6.92 Å². The van der Waals surface area contributed by atoms with Crippen LogP contribution in [0.25, 0.3) is 0 Å². The van der Waals surface area contributed by atoms with Crippen LogP contribution in [0, 0.1) is 5.92 Å². The molecule has 0 amide bonds. The van der Waals surface area contributed by atoms with E-state index in [0.29, 0.717) is 19.3 Å². The van der Waals surface area contributed by atoms with Crippen molar-refractivity contribution in [2.45, 2.75) is 142 Å². The summed E-state index contributed by atoms with van der Waals surface area (Å²) in [5.41, 5.74) is -2.77. The maximum absolute atomic E-state index is 12.6. The lowest BCUT2D eigenvalue weighted by atomic mass is 9.95. The van der Waals surface area contributed by atoms with Gasteiger partial charge in [0.25, 0.3) is 0 Å². The molecule has 0 aliphatic carbocycles. The fourth-order valence-electron chi connectivity index (χ4n) is 4.02. The second kappa shape index (κ2) is 19.3. The summed E-state index contributed by atoms with van der Waals surface area (Å²) in [7, 11) is 0. The van der Waals surface area contributed by atoms with Gasteiger partial charge in [-0.15, -0.1) is 0 Å². The fraction of sp³-hybridized carbons (Fsp3) is 0.852. The minimum absolute atomic E-state index is 0.217. The Bertz CT molecular complexity index is 631. The predicted molar refractivity (Wildman–Crippen MR) is 134 cm³/mol. The molecule has 3 N–H and O–H groups in total. The standard InChI is InChI=1S/C27H48O8/c1-4-5-13-17-22(28)23(35-25(31)20-27(34,26(32)33)19-24(29)30)18-15-12-10-8-6-7-9-11-14-16-21(2)3/h21,23,34H,4-20H2,1-3H3,(H,29,30)(H,32,33). The van der Waals surface area contributed by atoms with Crippen LogP contribution in [0.1, 0.15) is 130 Å². The average Bonchev–Trinajstić information content (AvgIpc) is 2.75. The molecule has 0 fully saturated rings. The Balaban J connectivity index is 4.54. The summed E-state index contributed by atoms with van der Waals surface area (Å²) in [4.78, 5) is 47.1. The quantitative estimate of drug-likeness (QED) is 0.120. The number of aliphatic carboxylic acids is 2. The number of unbranched alkanes of at least 4 members (excludes halogenated alkanes) is 10. The molecule has 8 nitrogen and oxygen atoms in total. The summed E-state index contributed by atoms with van der Waals surface area (Å²) in [6, 6.07) is 0. The van der Waals surface area contributed by atoms with E-state index in [2.05, 4.69) is 13.8 Å². The van der Waals surface area contributed by atoms with Gasteiger partial charge in [0.15, 0.2) is 17.5 Å². The number of carboxylic acids is 2. The van der Waals surface area contributed by atoms with E-state index in [-0.39, 0.29) is 12.2 Å². The van der Waals surface area contributed by atoms with Gasteiger partial charge in [0, 0.05) is 6.42 Å². The Morgan fingerprint density at radius 1 is 0.743 bits per heavy atom. The topological polar surface area (TPSA) is 138 Å². The molecule has 0 aliphatic rings. The van der Waals surface area contributed by atoms with Gasteiger partial charge in [-0.25, -0.2) is 4.79 Å². The highest BCUT2D eigenvalue weighted by molar-refractivity contribution is 5.90. The Labute approximate surface area is 210 Å². The molecule has 0 heterocycles. The highest BCUT2D eigenvalue weighted by Gasteiger charge is 2.42. The van der Waals surface area contributed by atoms with E-state index in [0.717, 1.165) is 38.0 Å². The molecule has 0 aromatic carbocycles. The number of esters is 1. The smallest absolute Gasteiger partial charge is 0.336 e. The first kappa shape index (κ1) is 33.0. The minimum Gasteiger partial charge on any atom is -0.481 e. The maximum Gasteiger partial charge on any atom is 0.336 e. The zero-order chi connectivity index (χ0) is 26.7. The number of ketones is 1. The number of hydrogen-bond donors (Lipinski definition) is 3. The van der Waals surface area contributed by atoms with Crippen LogP contribution in [0.15, 0.2) is 0 Å². The van der Waals surface area contributed by atoms with Crippen molar-refractivity contribution in [3.05, 3.63) is 0 Å². The van der Waals surface area contributed by atoms with Crippen LogP contribution in [-0.2, 0) is 23.9 Å². The molecule has 204 valence electrons. The number of aliphatic hydroxyl groups is 1. The zero-order valence-corrected chi connectivity index (χ0v) is 22.1. The van der Waals surface area contributed by atoms with Gasteiger partial charge in [0.05, 0.1) is 12.8 Å². The zero-order valence-electron chi connectivity index (χ0n) is 22.1.